The van der Waals surface area contributed by atoms with Gasteiger partial charge in [0.05, 0.1) is 29.8 Å². The number of carbonyl (C=O) groups is 3. The minimum Gasteiger partial charge on any atom is -0.423 e. The third-order valence-electron chi connectivity index (χ3n) is 12.8. The first-order valence-corrected chi connectivity index (χ1v) is 23.4. The lowest BCUT2D eigenvalue weighted by molar-refractivity contribution is -0.129. The van der Waals surface area contributed by atoms with E-state index in [0.717, 1.165) is 40.0 Å². The number of nitrogens with zero attached hydrogens (tertiary/aromatic N) is 9. The SMILES string of the molecule is [C-]#[N+]c1ccc(-c2nc3c4c(nc(-c5ccc(C#N)cc5C)n4-c4ccc(OC(=O)C=C)cc4)c4c(nc(-c5ccc(C#N)cc5C)n4-c4ccc(CC(=O)C=C)cc4)c3n2-c2ccc(OC(=O)C=C)cc2)c(C)c1. The standard InChI is InChI=1S/C61H41N9O5/c1-8-45(71)32-38-11-16-42(17-12-38)68-56-53-57(69(43-18-22-46(23-19-43)74-51(72)9-2)60(66-53)49-27-14-40(34-63)30-36(49)5)55-58(54(56)65-59(68)48-26-13-39(33-62)29-35(48)4)70(44-20-24-47(25-21-44)75-52(73)10-3)61(67-55)50-28-15-41(64-7)31-37(50)6/h8-31H,1-3,32H2,4-6H3. The minimum absolute atomic E-state index is 0.133. The second-order valence-corrected chi connectivity index (χ2v) is 17.6. The summed E-state index contributed by atoms with van der Waals surface area (Å²) in [6, 6.07) is 42.3. The number of benzene rings is 7. The van der Waals surface area contributed by atoms with E-state index in [1.165, 1.54) is 6.08 Å². The van der Waals surface area contributed by atoms with E-state index in [4.69, 9.17) is 31.0 Å². The molecule has 0 amide bonds. The van der Waals surface area contributed by atoms with Crippen molar-refractivity contribution in [3.8, 4) is 74.9 Å². The second-order valence-electron chi connectivity index (χ2n) is 17.6. The number of rotatable bonds is 13. The number of allylic oxidation sites excluding steroid dienone is 1. The maximum Gasteiger partial charge on any atom is 0.335 e. The highest BCUT2D eigenvalue weighted by Crippen LogP contribution is 2.45. The molecule has 0 N–H and O–H groups in total. The predicted octanol–water partition coefficient (Wildman–Crippen LogP) is 12.4. The second kappa shape index (κ2) is 19.5. The average molecular weight is 980 g/mol. The molecule has 0 saturated carbocycles. The van der Waals surface area contributed by atoms with E-state index in [1.54, 1.807) is 54.6 Å². The number of ether oxygens (including phenoxy) is 2. The monoisotopic (exact) mass is 979 g/mol. The van der Waals surface area contributed by atoms with Gasteiger partial charge in [-0.05, 0) is 141 Å². The van der Waals surface area contributed by atoms with Crippen molar-refractivity contribution >= 4 is 56.5 Å². The normalized spacial score (nSPS) is 10.9. The highest BCUT2D eigenvalue weighted by atomic mass is 16.5. The van der Waals surface area contributed by atoms with Crippen LogP contribution in [0.1, 0.15) is 33.4 Å². The van der Waals surface area contributed by atoms with Crippen molar-refractivity contribution in [1.82, 2.24) is 28.7 Å². The van der Waals surface area contributed by atoms with Crippen LogP contribution in [0.25, 0.3) is 89.2 Å². The van der Waals surface area contributed by atoms with Gasteiger partial charge in [0, 0.05) is 52.3 Å². The van der Waals surface area contributed by atoms with Crippen LogP contribution in [0.5, 0.6) is 11.5 Å². The number of carbonyl (C=O) groups excluding carboxylic acids is 3. The number of hydrogen-bond donors (Lipinski definition) is 0. The Bertz CT molecular complexity index is 3750. The van der Waals surface area contributed by atoms with Crippen molar-refractivity contribution in [3.05, 3.63) is 210 Å². The van der Waals surface area contributed by atoms with Crippen molar-refractivity contribution in [3.63, 3.8) is 0 Å². The van der Waals surface area contributed by atoms with Crippen LogP contribution < -0.4 is 9.47 Å². The van der Waals surface area contributed by atoms with Gasteiger partial charge in [-0.1, -0.05) is 55.6 Å². The van der Waals surface area contributed by atoms with E-state index in [9.17, 15) is 24.9 Å². The van der Waals surface area contributed by atoms with Crippen LogP contribution in [0.4, 0.5) is 5.69 Å². The van der Waals surface area contributed by atoms with Gasteiger partial charge < -0.3 is 9.47 Å². The zero-order valence-corrected chi connectivity index (χ0v) is 40.8. The fraction of sp³-hybridized carbons (Fsp3) is 0.0656. The lowest BCUT2D eigenvalue weighted by atomic mass is 10.0. The van der Waals surface area contributed by atoms with Crippen molar-refractivity contribution in [2.24, 2.45) is 0 Å². The number of hydrogen-bond acceptors (Lipinski definition) is 10. The van der Waals surface area contributed by atoms with Crippen molar-refractivity contribution in [2.75, 3.05) is 0 Å². The first kappa shape index (κ1) is 47.9. The largest absolute Gasteiger partial charge is 0.423 e. The zero-order chi connectivity index (χ0) is 52.7. The van der Waals surface area contributed by atoms with Gasteiger partial charge in [0.15, 0.2) is 11.5 Å². The molecule has 10 rings (SSSR count). The first-order chi connectivity index (χ1) is 36.4. The Morgan fingerprint density at radius 3 is 1.25 bits per heavy atom. The van der Waals surface area contributed by atoms with Crippen LogP contribution in [0, 0.1) is 50.0 Å². The number of imidazole rings is 3. The third-order valence-corrected chi connectivity index (χ3v) is 12.8. The molecular formula is C61H41N9O5. The minimum atomic E-state index is -0.625. The molecule has 0 aliphatic carbocycles. The van der Waals surface area contributed by atoms with E-state index in [2.05, 4.69) is 36.7 Å². The molecule has 0 unspecified atom stereocenters. The molecule has 0 atom stereocenters. The molecule has 0 aliphatic heterocycles. The Morgan fingerprint density at radius 1 is 0.547 bits per heavy atom. The van der Waals surface area contributed by atoms with Gasteiger partial charge in [0.2, 0.25) is 0 Å². The molecule has 3 heterocycles. The zero-order valence-electron chi connectivity index (χ0n) is 40.8. The lowest BCUT2D eigenvalue weighted by Gasteiger charge is -2.14. The molecule has 3 aromatic heterocycles. The summed E-state index contributed by atoms with van der Waals surface area (Å²) in [5.41, 5.74) is 11.6. The van der Waals surface area contributed by atoms with Gasteiger partial charge in [-0.3, -0.25) is 18.5 Å². The van der Waals surface area contributed by atoms with E-state index >= 15 is 0 Å². The summed E-state index contributed by atoms with van der Waals surface area (Å²) in [5.74, 6) is 0.662. The highest BCUT2D eigenvalue weighted by molar-refractivity contribution is 6.22. The number of aryl methyl sites for hydroxylation is 3. The summed E-state index contributed by atoms with van der Waals surface area (Å²) in [6.45, 7) is 24.3. The number of esters is 2. The van der Waals surface area contributed by atoms with Crippen LogP contribution in [0.2, 0.25) is 0 Å². The summed E-state index contributed by atoms with van der Waals surface area (Å²) >= 11 is 0. The van der Waals surface area contributed by atoms with E-state index in [-0.39, 0.29) is 23.7 Å². The van der Waals surface area contributed by atoms with Crippen LogP contribution in [0.3, 0.4) is 0 Å². The number of aromatic nitrogens is 6. The van der Waals surface area contributed by atoms with E-state index < -0.39 is 11.9 Å². The average Bonchev–Trinajstić information content (AvgIpc) is 4.20. The summed E-state index contributed by atoms with van der Waals surface area (Å²) in [4.78, 5) is 57.9. The predicted molar refractivity (Wildman–Crippen MR) is 287 cm³/mol. The number of fused-ring (bicyclic) bond motifs is 6. The fourth-order valence-electron chi connectivity index (χ4n) is 9.32. The summed E-state index contributed by atoms with van der Waals surface area (Å²) < 4.78 is 17.1. The molecule has 10 aromatic rings. The summed E-state index contributed by atoms with van der Waals surface area (Å²) in [5, 5.41) is 20.0. The van der Waals surface area contributed by atoms with Gasteiger partial charge in [-0.2, -0.15) is 10.5 Å². The highest BCUT2D eigenvalue weighted by Gasteiger charge is 2.31. The van der Waals surface area contributed by atoms with E-state index in [0.29, 0.717) is 95.6 Å². The Kier molecular flexibility index (Phi) is 12.4. The lowest BCUT2D eigenvalue weighted by Crippen LogP contribution is -2.04. The van der Waals surface area contributed by atoms with Crippen LogP contribution in [-0.2, 0) is 20.8 Å². The molecule has 0 aliphatic rings. The molecular weight excluding hydrogens is 939 g/mol. The Hall–Kier alpha value is -10.8. The molecule has 14 heteroatoms. The van der Waals surface area contributed by atoms with Crippen LogP contribution >= 0.6 is 0 Å². The first-order valence-electron chi connectivity index (χ1n) is 23.4. The molecule has 0 spiro atoms. The Labute approximate surface area is 430 Å². The van der Waals surface area contributed by atoms with Gasteiger partial charge in [0.25, 0.3) is 0 Å². The quantitative estimate of drug-likeness (QED) is 0.0468. The van der Waals surface area contributed by atoms with Crippen molar-refractivity contribution in [1.29, 1.82) is 10.5 Å². The molecule has 14 nitrogen and oxygen atoms in total. The maximum absolute atomic E-state index is 12.6. The fourth-order valence-corrected chi connectivity index (χ4v) is 9.32. The molecule has 0 saturated heterocycles. The maximum atomic E-state index is 12.6. The van der Waals surface area contributed by atoms with Gasteiger partial charge in [-0.15, -0.1) is 0 Å². The van der Waals surface area contributed by atoms with Crippen LogP contribution in [0.15, 0.2) is 165 Å². The van der Waals surface area contributed by atoms with Gasteiger partial charge in [0.1, 0.15) is 62.1 Å². The smallest absolute Gasteiger partial charge is 0.335 e. The van der Waals surface area contributed by atoms with Crippen LogP contribution in [-0.4, -0.2) is 46.4 Å². The Balaban J connectivity index is 1.45. The number of ketones is 1. The Morgan fingerprint density at radius 2 is 0.920 bits per heavy atom. The molecule has 0 bridgehead atoms. The topological polar surface area (TPSA) is 175 Å². The third kappa shape index (κ3) is 8.59. The molecule has 75 heavy (non-hydrogen) atoms. The van der Waals surface area contributed by atoms with Gasteiger partial charge in [-0.25, -0.2) is 29.4 Å². The molecule has 360 valence electrons. The number of nitriles is 2. The van der Waals surface area contributed by atoms with Crippen molar-refractivity contribution in [2.45, 2.75) is 27.2 Å². The summed E-state index contributed by atoms with van der Waals surface area (Å²) in [7, 11) is 0. The van der Waals surface area contributed by atoms with Gasteiger partial charge >= 0.3 is 11.9 Å². The molecule has 7 aromatic carbocycles. The molecule has 0 fully saturated rings. The van der Waals surface area contributed by atoms with Crippen molar-refractivity contribution < 1.29 is 23.9 Å². The van der Waals surface area contributed by atoms with E-state index in [1.807, 2.05) is 107 Å². The molecule has 0 radical (unpaired) electrons. The summed E-state index contributed by atoms with van der Waals surface area (Å²) in [6.07, 6.45) is 3.62.